The van der Waals surface area contributed by atoms with Gasteiger partial charge in [-0.15, -0.1) is 0 Å². The van der Waals surface area contributed by atoms with Gasteiger partial charge in [0.2, 0.25) is 0 Å². The SMILES string of the molecule is Clc1ccccc1-c1ccc(-c2cccc3c2C2(c4ccccc4-c4ccccc42)c2ccccc2-3)cc1. The van der Waals surface area contributed by atoms with Gasteiger partial charge in [0.25, 0.3) is 0 Å². The monoisotopic (exact) mass is 502 g/mol. The van der Waals surface area contributed by atoms with Crippen LogP contribution in [0.4, 0.5) is 0 Å². The van der Waals surface area contributed by atoms with E-state index in [2.05, 4.69) is 121 Å². The molecular formula is C37H23Cl. The highest BCUT2D eigenvalue weighted by Gasteiger charge is 2.52. The fraction of sp³-hybridized carbons (Fsp3) is 0.0270. The standard InChI is InChI=1S/C37H23Cl/c38-35-19-8-4-10-26(35)24-20-22-25(23-21-24)27-14-9-15-31-30-13-3-7-18-34(30)37(36(27)31)32-16-5-1-11-28(32)29-12-2-6-17-33(29)37/h1-23H. The second kappa shape index (κ2) is 8.05. The van der Waals surface area contributed by atoms with Gasteiger partial charge in [-0.25, -0.2) is 0 Å². The summed E-state index contributed by atoms with van der Waals surface area (Å²) in [6.07, 6.45) is 0. The quantitative estimate of drug-likeness (QED) is 0.220. The third-order valence-corrected chi connectivity index (χ3v) is 8.72. The zero-order valence-corrected chi connectivity index (χ0v) is 21.4. The zero-order valence-electron chi connectivity index (χ0n) is 20.7. The first-order valence-electron chi connectivity index (χ1n) is 13.1. The van der Waals surface area contributed by atoms with Crippen molar-refractivity contribution in [3.8, 4) is 44.5 Å². The number of benzene rings is 6. The first kappa shape index (κ1) is 21.7. The summed E-state index contributed by atoms with van der Waals surface area (Å²) >= 11 is 6.52. The normalized spacial score (nSPS) is 13.6. The fourth-order valence-corrected chi connectivity index (χ4v) is 7.17. The van der Waals surface area contributed by atoms with Crippen LogP contribution in [0.1, 0.15) is 22.3 Å². The first-order chi connectivity index (χ1) is 18.8. The maximum Gasteiger partial charge on any atom is 0.0731 e. The van der Waals surface area contributed by atoms with Crippen LogP contribution >= 0.6 is 11.6 Å². The van der Waals surface area contributed by atoms with Crippen LogP contribution in [0.25, 0.3) is 44.5 Å². The predicted molar refractivity (Wildman–Crippen MR) is 159 cm³/mol. The minimum atomic E-state index is -0.350. The number of halogens is 1. The third kappa shape index (κ3) is 2.76. The van der Waals surface area contributed by atoms with E-state index in [1.54, 1.807) is 0 Å². The molecule has 0 saturated carbocycles. The Hall–Kier alpha value is -4.39. The van der Waals surface area contributed by atoms with Crippen LogP contribution < -0.4 is 0 Å². The molecular weight excluding hydrogens is 480 g/mol. The first-order valence-corrected chi connectivity index (χ1v) is 13.4. The van der Waals surface area contributed by atoms with Crippen molar-refractivity contribution < 1.29 is 0 Å². The molecule has 1 spiro atoms. The molecule has 0 aromatic heterocycles. The molecule has 0 N–H and O–H groups in total. The lowest BCUT2D eigenvalue weighted by Crippen LogP contribution is -2.26. The van der Waals surface area contributed by atoms with Crippen LogP contribution in [0.5, 0.6) is 0 Å². The van der Waals surface area contributed by atoms with Crippen LogP contribution in [0.2, 0.25) is 5.02 Å². The summed E-state index contributed by atoms with van der Waals surface area (Å²) in [6, 6.07) is 50.6. The highest BCUT2D eigenvalue weighted by molar-refractivity contribution is 6.33. The summed E-state index contributed by atoms with van der Waals surface area (Å²) in [6.45, 7) is 0. The molecule has 178 valence electrons. The third-order valence-electron chi connectivity index (χ3n) is 8.39. The van der Waals surface area contributed by atoms with Gasteiger partial charge in [-0.1, -0.05) is 145 Å². The Balaban J connectivity index is 1.43. The van der Waals surface area contributed by atoms with Crippen molar-refractivity contribution in [2.75, 3.05) is 0 Å². The maximum atomic E-state index is 6.52. The second-order valence-corrected chi connectivity index (χ2v) is 10.6. The number of fused-ring (bicyclic) bond motifs is 10. The van der Waals surface area contributed by atoms with E-state index >= 15 is 0 Å². The fourth-order valence-electron chi connectivity index (χ4n) is 6.92. The summed E-state index contributed by atoms with van der Waals surface area (Å²) in [5.74, 6) is 0. The van der Waals surface area contributed by atoms with Crippen molar-refractivity contribution >= 4 is 11.6 Å². The van der Waals surface area contributed by atoms with E-state index in [0.717, 1.165) is 16.1 Å². The summed E-state index contributed by atoms with van der Waals surface area (Å²) < 4.78 is 0. The molecule has 0 nitrogen and oxygen atoms in total. The molecule has 0 saturated heterocycles. The lowest BCUT2D eigenvalue weighted by atomic mass is 9.68. The van der Waals surface area contributed by atoms with Crippen molar-refractivity contribution in [1.29, 1.82) is 0 Å². The molecule has 0 amide bonds. The number of rotatable bonds is 2. The number of hydrogen-bond donors (Lipinski definition) is 0. The highest BCUT2D eigenvalue weighted by atomic mass is 35.5. The van der Waals surface area contributed by atoms with Gasteiger partial charge in [0.05, 0.1) is 5.41 Å². The second-order valence-electron chi connectivity index (χ2n) is 10.2. The van der Waals surface area contributed by atoms with Crippen LogP contribution in [-0.2, 0) is 5.41 Å². The Morgan fingerprint density at radius 3 is 1.29 bits per heavy atom. The van der Waals surface area contributed by atoms with Crippen molar-refractivity contribution in [3.05, 3.63) is 167 Å². The average molecular weight is 503 g/mol. The van der Waals surface area contributed by atoms with Crippen molar-refractivity contribution in [3.63, 3.8) is 0 Å². The van der Waals surface area contributed by atoms with Crippen LogP contribution in [0.3, 0.4) is 0 Å². The zero-order chi connectivity index (χ0) is 25.3. The largest absolute Gasteiger partial charge is 0.0837 e. The number of hydrogen-bond acceptors (Lipinski definition) is 0. The highest BCUT2D eigenvalue weighted by Crippen LogP contribution is 2.64. The minimum absolute atomic E-state index is 0.350. The van der Waals surface area contributed by atoms with E-state index in [-0.39, 0.29) is 5.41 Å². The lowest BCUT2D eigenvalue weighted by molar-refractivity contribution is 0.796. The van der Waals surface area contributed by atoms with Crippen molar-refractivity contribution in [2.45, 2.75) is 5.41 Å². The summed E-state index contributed by atoms with van der Waals surface area (Å²) in [4.78, 5) is 0. The molecule has 2 aliphatic rings. The van der Waals surface area contributed by atoms with E-state index in [1.165, 1.54) is 55.6 Å². The topological polar surface area (TPSA) is 0 Å². The van der Waals surface area contributed by atoms with Crippen LogP contribution in [0, 0.1) is 0 Å². The molecule has 0 fully saturated rings. The molecule has 0 unspecified atom stereocenters. The van der Waals surface area contributed by atoms with Crippen LogP contribution in [0.15, 0.2) is 140 Å². The summed E-state index contributed by atoms with van der Waals surface area (Å²) in [5, 5.41) is 0.773. The maximum absolute atomic E-state index is 6.52. The predicted octanol–water partition coefficient (Wildman–Crippen LogP) is 10.0. The molecule has 8 rings (SSSR count). The molecule has 38 heavy (non-hydrogen) atoms. The molecule has 0 radical (unpaired) electrons. The Morgan fingerprint density at radius 1 is 0.342 bits per heavy atom. The van der Waals surface area contributed by atoms with Crippen molar-refractivity contribution in [2.24, 2.45) is 0 Å². The molecule has 2 aliphatic carbocycles. The lowest BCUT2D eigenvalue weighted by Gasteiger charge is -2.32. The Morgan fingerprint density at radius 2 is 0.737 bits per heavy atom. The summed E-state index contributed by atoms with van der Waals surface area (Å²) in [7, 11) is 0. The van der Waals surface area contributed by atoms with Gasteiger partial charge >= 0.3 is 0 Å². The average Bonchev–Trinajstić information content (AvgIpc) is 3.45. The molecule has 6 aromatic carbocycles. The van der Waals surface area contributed by atoms with Gasteiger partial charge in [0.15, 0.2) is 0 Å². The Labute approximate surface area is 227 Å². The van der Waals surface area contributed by atoms with E-state index in [1.807, 2.05) is 18.2 Å². The van der Waals surface area contributed by atoms with Gasteiger partial charge in [-0.3, -0.25) is 0 Å². The summed E-state index contributed by atoms with van der Waals surface area (Å²) in [5.41, 5.74) is 15.1. The smallest absolute Gasteiger partial charge is 0.0731 e. The van der Waals surface area contributed by atoms with Gasteiger partial charge in [0.1, 0.15) is 0 Å². The van der Waals surface area contributed by atoms with E-state index in [9.17, 15) is 0 Å². The Bertz CT molecular complexity index is 1810. The Kier molecular flexibility index (Phi) is 4.59. The minimum Gasteiger partial charge on any atom is -0.0837 e. The molecule has 0 heterocycles. The van der Waals surface area contributed by atoms with E-state index < -0.39 is 0 Å². The van der Waals surface area contributed by atoms with Gasteiger partial charge in [0, 0.05) is 10.6 Å². The van der Waals surface area contributed by atoms with Gasteiger partial charge < -0.3 is 0 Å². The van der Waals surface area contributed by atoms with Crippen LogP contribution in [-0.4, -0.2) is 0 Å². The van der Waals surface area contributed by atoms with E-state index in [0.29, 0.717) is 0 Å². The van der Waals surface area contributed by atoms with Gasteiger partial charge in [-0.05, 0) is 67.3 Å². The van der Waals surface area contributed by atoms with Crippen molar-refractivity contribution in [1.82, 2.24) is 0 Å². The van der Waals surface area contributed by atoms with Gasteiger partial charge in [-0.2, -0.15) is 0 Å². The molecule has 0 atom stereocenters. The molecule has 0 aliphatic heterocycles. The van der Waals surface area contributed by atoms with E-state index in [4.69, 9.17) is 11.6 Å². The molecule has 6 aromatic rings. The molecule has 1 heteroatoms. The molecule has 0 bridgehead atoms.